The number of urea groups is 1. The molecule has 0 radical (unpaired) electrons. The van der Waals surface area contributed by atoms with Crippen LogP contribution in [0.2, 0.25) is 0 Å². The first-order chi connectivity index (χ1) is 6.96. The molecule has 2 rings (SSSR count). The molecule has 1 saturated heterocycles. The van der Waals surface area contributed by atoms with Crippen LogP contribution in [-0.4, -0.2) is 34.5 Å². The first-order valence-corrected chi connectivity index (χ1v) is 4.79. The summed E-state index contributed by atoms with van der Waals surface area (Å²) in [7, 11) is 0. The summed E-state index contributed by atoms with van der Waals surface area (Å²) in [6.07, 6.45) is -0.0291. The molecular weight excluding hydrogens is 203 g/mol. The van der Waals surface area contributed by atoms with E-state index in [9.17, 15) is 18.8 Å². The zero-order valence-electron chi connectivity index (χ0n) is 8.25. The lowest BCUT2D eigenvalue weighted by Gasteiger charge is -2.47. The zero-order chi connectivity index (χ0) is 11.2. The molecule has 5 nitrogen and oxygen atoms in total. The summed E-state index contributed by atoms with van der Waals surface area (Å²) in [6, 6.07) is -0.805. The fourth-order valence-corrected chi connectivity index (χ4v) is 1.97. The molecule has 2 fully saturated rings. The molecule has 6 heteroatoms. The Labute approximate surface area is 85.6 Å². The topological polar surface area (TPSA) is 66.5 Å². The average molecular weight is 214 g/mol. The van der Waals surface area contributed by atoms with Crippen molar-refractivity contribution in [2.45, 2.75) is 37.9 Å². The van der Waals surface area contributed by atoms with Crippen molar-refractivity contribution in [3.05, 3.63) is 0 Å². The van der Waals surface area contributed by atoms with Gasteiger partial charge in [-0.15, -0.1) is 0 Å². The van der Waals surface area contributed by atoms with Crippen molar-refractivity contribution in [3.8, 4) is 0 Å². The number of halogens is 1. The molecule has 0 aromatic carbocycles. The summed E-state index contributed by atoms with van der Waals surface area (Å²) in [6.45, 7) is 1.72. The Kier molecular flexibility index (Phi) is 2.02. The van der Waals surface area contributed by atoms with Gasteiger partial charge in [0.05, 0.1) is 0 Å². The zero-order valence-corrected chi connectivity index (χ0v) is 8.25. The predicted molar refractivity (Wildman–Crippen MR) is 47.5 cm³/mol. The highest BCUT2D eigenvalue weighted by Gasteiger charge is 2.51. The minimum Gasteiger partial charge on any atom is -0.275 e. The van der Waals surface area contributed by atoms with E-state index in [4.69, 9.17) is 0 Å². The van der Waals surface area contributed by atoms with E-state index in [1.165, 1.54) is 0 Å². The van der Waals surface area contributed by atoms with Crippen molar-refractivity contribution < 1.29 is 18.8 Å². The van der Waals surface area contributed by atoms with E-state index in [0.717, 1.165) is 11.3 Å². The Hall–Kier alpha value is -1.46. The van der Waals surface area contributed by atoms with Crippen LogP contribution >= 0.6 is 0 Å². The van der Waals surface area contributed by atoms with Crippen LogP contribution in [0.15, 0.2) is 0 Å². The van der Waals surface area contributed by atoms with Gasteiger partial charge in [-0.3, -0.25) is 19.8 Å². The number of rotatable bonds is 1. The van der Waals surface area contributed by atoms with Gasteiger partial charge in [-0.2, -0.15) is 0 Å². The summed E-state index contributed by atoms with van der Waals surface area (Å²) in [5.74, 6) is -2.20. The Morgan fingerprint density at radius 3 is 2.47 bits per heavy atom. The highest BCUT2D eigenvalue weighted by Crippen LogP contribution is 2.38. The van der Waals surface area contributed by atoms with Crippen LogP contribution in [0.5, 0.6) is 0 Å². The summed E-state index contributed by atoms with van der Waals surface area (Å²) in [5, 5.41) is 1.84. The molecule has 1 atom stereocenters. The van der Waals surface area contributed by atoms with E-state index < -0.39 is 29.6 Å². The maximum Gasteiger partial charge on any atom is 0.331 e. The Morgan fingerprint density at radius 2 is 2.00 bits per heavy atom. The van der Waals surface area contributed by atoms with Crippen molar-refractivity contribution in [2.24, 2.45) is 0 Å². The van der Waals surface area contributed by atoms with Gasteiger partial charge in [-0.25, -0.2) is 9.18 Å². The highest BCUT2D eigenvalue weighted by molar-refractivity contribution is 6.18. The van der Waals surface area contributed by atoms with Gasteiger partial charge < -0.3 is 0 Å². The molecule has 0 aromatic rings. The number of alkyl halides is 1. The third-order valence-electron chi connectivity index (χ3n) is 3.07. The minimum absolute atomic E-state index is 0.619. The van der Waals surface area contributed by atoms with Gasteiger partial charge >= 0.3 is 6.03 Å². The molecule has 1 aliphatic heterocycles. The second-order valence-corrected chi connectivity index (χ2v) is 4.18. The molecule has 2 aliphatic rings. The number of carbonyl (C=O) groups excluding carboxylic acids is 3. The van der Waals surface area contributed by atoms with Crippen LogP contribution in [-0.2, 0) is 9.59 Å². The first-order valence-electron chi connectivity index (χ1n) is 4.79. The third-order valence-corrected chi connectivity index (χ3v) is 3.07. The molecule has 0 aromatic heterocycles. The number of hydrogen-bond acceptors (Lipinski definition) is 3. The van der Waals surface area contributed by atoms with Crippen molar-refractivity contribution in [2.75, 3.05) is 0 Å². The van der Waals surface area contributed by atoms with Gasteiger partial charge in [0, 0.05) is 5.54 Å². The molecular formula is C9H11FN2O3. The fourth-order valence-electron chi connectivity index (χ4n) is 1.97. The number of imide groups is 2. The van der Waals surface area contributed by atoms with Crippen LogP contribution in [0.1, 0.15) is 26.2 Å². The van der Waals surface area contributed by atoms with Gasteiger partial charge in [-0.1, -0.05) is 0 Å². The Morgan fingerprint density at radius 1 is 1.40 bits per heavy atom. The van der Waals surface area contributed by atoms with Gasteiger partial charge in [0.1, 0.15) is 0 Å². The van der Waals surface area contributed by atoms with E-state index in [-0.39, 0.29) is 0 Å². The average Bonchev–Trinajstić information content (AvgIpc) is 2.11. The molecule has 1 saturated carbocycles. The molecule has 82 valence electrons. The van der Waals surface area contributed by atoms with Gasteiger partial charge in [0.15, 0.2) is 0 Å². The van der Waals surface area contributed by atoms with E-state index in [1.807, 2.05) is 5.32 Å². The molecule has 0 bridgehead atoms. The number of hydrogen-bond donors (Lipinski definition) is 1. The van der Waals surface area contributed by atoms with E-state index in [2.05, 4.69) is 0 Å². The highest BCUT2D eigenvalue weighted by atomic mass is 19.1. The van der Waals surface area contributed by atoms with Crippen LogP contribution in [0, 0.1) is 0 Å². The largest absolute Gasteiger partial charge is 0.331 e. The van der Waals surface area contributed by atoms with Crippen molar-refractivity contribution in [1.29, 1.82) is 0 Å². The lowest BCUT2D eigenvalue weighted by atomic mass is 9.76. The number of barbiturate groups is 1. The van der Waals surface area contributed by atoms with Gasteiger partial charge in [0.2, 0.25) is 0 Å². The predicted octanol–water partition coefficient (Wildman–Crippen LogP) is 0.345. The summed E-state index contributed by atoms with van der Waals surface area (Å²) in [4.78, 5) is 34.6. The maximum absolute atomic E-state index is 13.1. The summed E-state index contributed by atoms with van der Waals surface area (Å²) in [5.41, 5.74) is -0.619. The molecule has 4 amide bonds. The Balaban J connectivity index is 2.27. The smallest absolute Gasteiger partial charge is 0.275 e. The van der Waals surface area contributed by atoms with Crippen LogP contribution in [0.4, 0.5) is 9.18 Å². The number of nitrogens with one attached hydrogen (secondary N) is 1. The maximum atomic E-state index is 13.1. The van der Waals surface area contributed by atoms with Crippen molar-refractivity contribution in [1.82, 2.24) is 10.2 Å². The first kappa shape index (κ1) is 10.1. The molecule has 1 heterocycles. The van der Waals surface area contributed by atoms with Gasteiger partial charge in [0.25, 0.3) is 18.0 Å². The number of amides is 4. The van der Waals surface area contributed by atoms with Crippen LogP contribution < -0.4 is 5.32 Å². The van der Waals surface area contributed by atoms with E-state index in [1.54, 1.807) is 6.92 Å². The lowest BCUT2D eigenvalue weighted by Crippen LogP contribution is -2.67. The molecule has 1 N–H and O–H groups in total. The molecule has 15 heavy (non-hydrogen) atoms. The van der Waals surface area contributed by atoms with E-state index in [0.29, 0.717) is 12.8 Å². The summed E-state index contributed by atoms with van der Waals surface area (Å²) >= 11 is 0. The van der Waals surface area contributed by atoms with Crippen LogP contribution in [0.3, 0.4) is 0 Å². The molecule has 1 aliphatic carbocycles. The van der Waals surface area contributed by atoms with Gasteiger partial charge in [-0.05, 0) is 26.2 Å². The van der Waals surface area contributed by atoms with E-state index >= 15 is 0 Å². The van der Waals surface area contributed by atoms with Crippen molar-refractivity contribution in [3.63, 3.8) is 0 Å². The number of nitrogens with zero attached hydrogens (tertiary/aromatic N) is 1. The second-order valence-electron chi connectivity index (χ2n) is 4.18. The standard InChI is InChI=1S/C9H11FN2O3/c1-9(3-2-4-9)12-7(14)5(10)6(13)11-8(12)15/h5H,2-4H2,1H3,(H,11,13,15). The minimum atomic E-state index is -2.25. The SMILES string of the molecule is CC1(N2C(=O)NC(=O)C(F)C2=O)CCC1. The summed E-state index contributed by atoms with van der Waals surface area (Å²) < 4.78 is 13.1. The molecule has 0 spiro atoms. The second kappa shape index (κ2) is 3.01. The fraction of sp³-hybridized carbons (Fsp3) is 0.667. The quantitative estimate of drug-likeness (QED) is 0.640. The monoisotopic (exact) mass is 214 g/mol. The lowest BCUT2D eigenvalue weighted by molar-refractivity contribution is -0.149. The van der Waals surface area contributed by atoms with Crippen LogP contribution in [0.25, 0.3) is 0 Å². The Bertz CT molecular complexity index is 351. The molecule has 1 unspecified atom stereocenters. The third kappa shape index (κ3) is 1.32. The normalized spacial score (nSPS) is 29.9. The number of carbonyl (C=O) groups is 3. The van der Waals surface area contributed by atoms with Crippen molar-refractivity contribution >= 4 is 17.8 Å².